The molecule has 1 aliphatic carbocycles. The number of carbonyl (C=O) groups is 2. The van der Waals surface area contributed by atoms with Crippen LogP contribution in [0.1, 0.15) is 29.6 Å². The van der Waals surface area contributed by atoms with Crippen LogP contribution in [0.4, 0.5) is 0 Å². The molecule has 1 fully saturated rings. The van der Waals surface area contributed by atoms with Crippen molar-refractivity contribution in [3.63, 3.8) is 0 Å². The number of carboxylic acids is 1. The molecule has 2 N–H and O–H groups in total. The number of hydrogen-bond donors (Lipinski definition) is 2. The van der Waals surface area contributed by atoms with Gasteiger partial charge in [-0.05, 0) is 43.5 Å². The average molecular weight is 263 g/mol. The maximum atomic E-state index is 12.0. The highest BCUT2D eigenvalue weighted by Gasteiger charge is 2.30. The number of methoxy groups -OCH3 is 1. The number of carbonyl (C=O) groups excluding carboxylic acids is 1. The van der Waals surface area contributed by atoms with Gasteiger partial charge in [0.25, 0.3) is 5.91 Å². The largest absolute Gasteiger partial charge is 0.497 e. The first-order chi connectivity index (χ1) is 9.10. The summed E-state index contributed by atoms with van der Waals surface area (Å²) in [6.07, 6.45) is 1.86. The SMILES string of the molecule is COc1ccc(C(=O)NC2CCC(C(=O)O)C2)cc1. The summed E-state index contributed by atoms with van der Waals surface area (Å²) in [6, 6.07) is 6.79. The fourth-order valence-corrected chi connectivity index (χ4v) is 2.35. The van der Waals surface area contributed by atoms with Gasteiger partial charge in [0.1, 0.15) is 5.75 Å². The van der Waals surface area contributed by atoms with E-state index in [0.717, 1.165) is 6.42 Å². The van der Waals surface area contributed by atoms with Gasteiger partial charge in [-0.3, -0.25) is 9.59 Å². The number of nitrogens with one attached hydrogen (secondary N) is 1. The Hall–Kier alpha value is -2.04. The van der Waals surface area contributed by atoms with E-state index in [9.17, 15) is 9.59 Å². The van der Waals surface area contributed by atoms with E-state index in [0.29, 0.717) is 24.2 Å². The van der Waals surface area contributed by atoms with Crippen molar-refractivity contribution in [3.8, 4) is 5.75 Å². The van der Waals surface area contributed by atoms with Crippen LogP contribution in [-0.4, -0.2) is 30.1 Å². The molecular formula is C14H17NO4. The third-order valence-corrected chi connectivity index (χ3v) is 3.47. The highest BCUT2D eigenvalue weighted by Crippen LogP contribution is 2.26. The Morgan fingerprint density at radius 1 is 1.26 bits per heavy atom. The molecule has 1 aromatic carbocycles. The van der Waals surface area contributed by atoms with Crippen molar-refractivity contribution in [1.82, 2.24) is 5.32 Å². The second-order valence-corrected chi connectivity index (χ2v) is 4.75. The summed E-state index contributed by atoms with van der Waals surface area (Å²) < 4.78 is 5.03. The lowest BCUT2D eigenvalue weighted by atomic mass is 10.1. The Bertz CT molecular complexity index is 469. The molecule has 2 atom stereocenters. The van der Waals surface area contributed by atoms with Crippen LogP contribution in [0.2, 0.25) is 0 Å². The molecule has 1 saturated carbocycles. The van der Waals surface area contributed by atoms with Crippen LogP contribution < -0.4 is 10.1 Å². The Labute approximate surface area is 111 Å². The zero-order valence-electron chi connectivity index (χ0n) is 10.8. The number of benzene rings is 1. The molecule has 1 aromatic rings. The molecule has 0 saturated heterocycles. The fourth-order valence-electron chi connectivity index (χ4n) is 2.35. The number of hydrogen-bond acceptors (Lipinski definition) is 3. The van der Waals surface area contributed by atoms with E-state index >= 15 is 0 Å². The van der Waals surface area contributed by atoms with Crippen molar-refractivity contribution >= 4 is 11.9 Å². The Morgan fingerprint density at radius 2 is 1.95 bits per heavy atom. The van der Waals surface area contributed by atoms with Crippen molar-refractivity contribution < 1.29 is 19.4 Å². The maximum Gasteiger partial charge on any atom is 0.306 e. The van der Waals surface area contributed by atoms with Crippen molar-refractivity contribution in [2.75, 3.05) is 7.11 Å². The Balaban J connectivity index is 1.92. The van der Waals surface area contributed by atoms with Gasteiger partial charge in [-0.1, -0.05) is 0 Å². The van der Waals surface area contributed by atoms with E-state index in [1.165, 1.54) is 0 Å². The standard InChI is InChI=1S/C14H17NO4/c1-19-12-6-3-9(4-7-12)13(16)15-11-5-2-10(8-11)14(17)18/h3-4,6-7,10-11H,2,5,8H2,1H3,(H,15,16)(H,17,18). The monoisotopic (exact) mass is 263 g/mol. The first kappa shape index (κ1) is 13.4. The summed E-state index contributed by atoms with van der Waals surface area (Å²) in [6.45, 7) is 0. The molecule has 19 heavy (non-hydrogen) atoms. The molecule has 2 unspecified atom stereocenters. The number of amides is 1. The highest BCUT2D eigenvalue weighted by molar-refractivity contribution is 5.94. The second kappa shape index (κ2) is 5.73. The van der Waals surface area contributed by atoms with Crippen molar-refractivity contribution in [1.29, 1.82) is 0 Å². The fraction of sp³-hybridized carbons (Fsp3) is 0.429. The molecular weight excluding hydrogens is 246 g/mol. The van der Waals surface area contributed by atoms with Crippen LogP contribution >= 0.6 is 0 Å². The molecule has 0 radical (unpaired) electrons. The van der Waals surface area contributed by atoms with Gasteiger partial charge >= 0.3 is 5.97 Å². The molecule has 0 bridgehead atoms. The number of rotatable bonds is 4. The van der Waals surface area contributed by atoms with Crippen LogP contribution in [0.3, 0.4) is 0 Å². The number of aliphatic carboxylic acids is 1. The maximum absolute atomic E-state index is 12.0. The Kier molecular flexibility index (Phi) is 4.04. The molecule has 102 valence electrons. The van der Waals surface area contributed by atoms with Crippen molar-refractivity contribution in [3.05, 3.63) is 29.8 Å². The predicted molar refractivity (Wildman–Crippen MR) is 69.2 cm³/mol. The van der Waals surface area contributed by atoms with Crippen LogP contribution in [-0.2, 0) is 4.79 Å². The molecule has 0 aromatic heterocycles. The van der Waals surface area contributed by atoms with Crippen LogP contribution in [0.5, 0.6) is 5.75 Å². The zero-order chi connectivity index (χ0) is 13.8. The summed E-state index contributed by atoms with van der Waals surface area (Å²) >= 11 is 0. The van der Waals surface area contributed by atoms with E-state index in [-0.39, 0.29) is 17.9 Å². The average Bonchev–Trinajstić information content (AvgIpc) is 2.87. The lowest BCUT2D eigenvalue weighted by molar-refractivity contribution is -0.141. The highest BCUT2D eigenvalue weighted by atomic mass is 16.5. The van der Waals surface area contributed by atoms with E-state index in [1.807, 2.05) is 0 Å². The van der Waals surface area contributed by atoms with Gasteiger partial charge in [0, 0.05) is 11.6 Å². The van der Waals surface area contributed by atoms with Gasteiger partial charge in [-0.25, -0.2) is 0 Å². The van der Waals surface area contributed by atoms with Gasteiger partial charge in [-0.15, -0.1) is 0 Å². The summed E-state index contributed by atoms with van der Waals surface area (Å²) in [7, 11) is 1.57. The van der Waals surface area contributed by atoms with Gasteiger partial charge < -0.3 is 15.2 Å². The quantitative estimate of drug-likeness (QED) is 0.866. The lowest BCUT2D eigenvalue weighted by Crippen LogP contribution is -2.33. The summed E-state index contributed by atoms with van der Waals surface area (Å²) in [5.41, 5.74) is 0.555. The van der Waals surface area contributed by atoms with E-state index in [2.05, 4.69) is 5.32 Å². The van der Waals surface area contributed by atoms with Crippen LogP contribution in [0.15, 0.2) is 24.3 Å². The minimum atomic E-state index is -0.777. The van der Waals surface area contributed by atoms with Crippen LogP contribution in [0, 0.1) is 5.92 Å². The minimum absolute atomic E-state index is 0.0456. The predicted octanol–water partition coefficient (Wildman–Crippen LogP) is 1.68. The first-order valence-electron chi connectivity index (χ1n) is 6.28. The van der Waals surface area contributed by atoms with E-state index in [1.54, 1.807) is 31.4 Å². The topological polar surface area (TPSA) is 75.6 Å². The van der Waals surface area contributed by atoms with Gasteiger partial charge in [0.15, 0.2) is 0 Å². The van der Waals surface area contributed by atoms with E-state index < -0.39 is 5.97 Å². The summed E-state index contributed by atoms with van der Waals surface area (Å²) in [5.74, 6) is -0.579. The minimum Gasteiger partial charge on any atom is -0.497 e. The first-order valence-corrected chi connectivity index (χ1v) is 6.28. The summed E-state index contributed by atoms with van der Waals surface area (Å²) in [5, 5.41) is 11.8. The third-order valence-electron chi connectivity index (χ3n) is 3.47. The Morgan fingerprint density at radius 3 is 2.47 bits per heavy atom. The third kappa shape index (κ3) is 3.24. The smallest absolute Gasteiger partial charge is 0.306 e. The molecule has 0 spiro atoms. The molecule has 0 aliphatic heterocycles. The van der Waals surface area contributed by atoms with Gasteiger partial charge in [0.2, 0.25) is 0 Å². The zero-order valence-corrected chi connectivity index (χ0v) is 10.8. The summed E-state index contributed by atoms with van der Waals surface area (Å²) in [4.78, 5) is 22.8. The molecule has 0 heterocycles. The number of carboxylic acid groups (broad SMARTS) is 1. The van der Waals surface area contributed by atoms with Crippen molar-refractivity contribution in [2.24, 2.45) is 5.92 Å². The van der Waals surface area contributed by atoms with Gasteiger partial charge in [-0.2, -0.15) is 0 Å². The van der Waals surface area contributed by atoms with Crippen LogP contribution in [0.25, 0.3) is 0 Å². The lowest BCUT2D eigenvalue weighted by Gasteiger charge is -2.12. The van der Waals surface area contributed by atoms with Gasteiger partial charge in [0.05, 0.1) is 13.0 Å². The molecule has 5 heteroatoms. The van der Waals surface area contributed by atoms with E-state index in [4.69, 9.17) is 9.84 Å². The number of ether oxygens (including phenoxy) is 1. The normalized spacial score (nSPS) is 21.9. The van der Waals surface area contributed by atoms with Crippen molar-refractivity contribution in [2.45, 2.75) is 25.3 Å². The molecule has 1 aliphatic rings. The molecule has 1 amide bonds. The molecule has 2 rings (SSSR count). The second-order valence-electron chi connectivity index (χ2n) is 4.75. The molecule has 5 nitrogen and oxygen atoms in total.